The van der Waals surface area contributed by atoms with E-state index in [1.165, 1.54) is 23.9 Å². The fourth-order valence-corrected chi connectivity index (χ4v) is 1.68. The Morgan fingerprint density at radius 3 is 2.86 bits per heavy atom. The Morgan fingerprint density at radius 1 is 1.57 bits per heavy atom. The summed E-state index contributed by atoms with van der Waals surface area (Å²) in [6.45, 7) is 1.96. The molecule has 0 saturated heterocycles. The third kappa shape index (κ3) is 2.45. The number of nitro benzene ring substituents is 1. The molecule has 0 unspecified atom stereocenters. The van der Waals surface area contributed by atoms with Crippen molar-refractivity contribution in [3.05, 3.63) is 39.7 Å². The van der Waals surface area contributed by atoms with E-state index in [1.807, 2.05) is 6.92 Å². The van der Waals surface area contributed by atoms with Crippen LogP contribution in [0.4, 0.5) is 10.1 Å². The maximum atomic E-state index is 13.4. The molecule has 0 aliphatic rings. The molecule has 0 N–H and O–H groups in total. The Balaban J connectivity index is 2.95. The normalized spacial score (nSPS) is 10.1. The van der Waals surface area contributed by atoms with Gasteiger partial charge in [0.1, 0.15) is 0 Å². The third-order valence-electron chi connectivity index (χ3n) is 1.72. The van der Waals surface area contributed by atoms with Gasteiger partial charge in [-0.05, 0) is 5.75 Å². The Morgan fingerprint density at radius 2 is 2.29 bits per heavy atom. The van der Waals surface area contributed by atoms with Crippen LogP contribution < -0.4 is 0 Å². The predicted molar refractivity (Wildman–Crippen MR) is 54.9 cm³/mol. The van der Waals surface area contributed by atoms with Gasteiger partial charge in [0.15, 0.2) is 0 Å². The van der Waals surface area contributed by atoms with E-state index >= 15 is 0 Å². The van der Waals surface area contributed by atoms with E-state index in [0.29, 0.717) is 11.3 Å². The van der Waals surface area contributed by atoms with E-state index in [9.17, 15) is 14.5 Å². The van der Waals surface area contributed by atoms with E-state index in [2.05, 4.69) is 0 Å². The predicted octanol–water partition coefficient (Wildman–Crippen LogP) is 2.99. The molecule has 1 rings (SSSR count). The van der Waals surface area contributed by atoms with Gasteiger partial charge in [0.25, 0.3) is 0 Å². The van der Waals surface area contributed by atoms with Gasteiger partial charge in [0.2, 0.25) is 5.82 Å². The van der Waals surface area contributed by atoms with Crippen molar-refractivity contribution in [1.82, 2.24) is 0 Å². The van der Waals surface area contributed by atoms with E-state index < -0.39 is 16.4 Å². The standard InChI is InChI=1S/C9H10FNO2S/c1-2-14-6-7-4-3-5-8(9(7)10)11(12)13/h3-5H,2,6H2,1H3. The van der Waals surface area contributed by atoms with Gasteiger partial charge in [0.05, 0.1) is 4.92 Å². The van der Waals surface area contributed by atoms with Crippen LogP contribution in [-0.4, -0.2) is 10.7 Å². The molecule has 0 aliphatic heterocycles. The van der Waals surface area contributed by atoms with Gasteiger partial charge in [-0.3, -0.25) is 10.1 Å². The first-order valence-electron chi connectivity index (χ1n) is 4.16. The molecule has 0 saturated carbocycles. The lowest BCUT2D eigenvalue weighted by Crippen LogP contribution is -1.96. The summed E-state index contributed by atoms with van der Waals surface area (Å²) in [6, 6.07) is 4.26. The van der Waals surface area contributed by atoms with Gasteiger partial charge in [-0.2, -0.15) is 16.2 Å². The van der Waals surface area contributed by atoms with Crippen LogP contribution in [0.5, 0.6) is 0 Å². The Bertz CT molecular complexity index is 344. The highest BCUT2D eigenvalue weighted by Gasteiger charge is 2.16. The summed E-state index contributed by atoms with van der Waals surface area (Å²) >= 11 is 1.53. The summed E-state index contributed by atoms with van der Waals surface area (Å²) in [7, 11) is 0. The fourth-order valence-electron chi connectivity index (χ4n) is 1.03. The first-order valence-corrected chi connectivity index (χ1v) is 5.31. The molecular weight excluding hydrogens is 205 g/mol. The molecule has 0 aliphatic carbocycles. The molecule has 0 bridgehead atoms. The van der Waals surface area contributed by atoms with Crippen LogP contribution in [0.15, 0.2) is 18.2 Å². The zero-order chi connectivity index (χ0) is 10.6. The second-order valence-corrected chi connectivity index (χ2v) is 3.92. The van der Waals surface area contributed by atoms with Gasteiger partial charge in [0, 0.05) is 17.4 Å². The van der Waals surface area contributed by atoms with Crippen molar-refractivity contribution >= 4 is 17.4 Å². The number of hydrogen-bond donors (Lipinski definition) is 0. The summed E-state index contributed by atoms with van der Waals surface area (Å²) in [4.78, 5) is 9.71. The molecule has 0 amide bonds. The van der Waals surface area contributed by atoms with Crippen LogP contribution >= 0.6 is 11.8 Å². The first kappa shape index (κ1) is 11.0. The fraction of sp³-hybridized carbons (Fsp3) is 0.333. The van der Waals surface area contributed by atoms with Gasteiger partial charge < -0.3 is 0 Å². The topological polar surface area (TPSA) is 43.1 Å². The molecule has 76 valence electrons. The highest BCUT2D eigenvalue weighted by Crippen LogP contribution is 2.23. The summed E-state index contributed by atoms with van der Waals surface area (Å²) < 4.78 is 13.4. The number of halogens is 1. The Hall–Kier alpha value is -1.10. The molecule has 0 spiro atoms. The molecule has 5 heteroatoms. The van der Waals surface area contributed by atoms with Crippen molar-refractivity contribution in [2.24, 2.45) is 0 Å². The molecule has 1 aromatic carbocycles. The number of nitrogens with zero attached hydrogens (tertiary/aromatic N) is 1. The second kappa shape index (κ2) is 4.95. The lowest BCUT2D eigenvalue weighted by atomic mass is 10.2. The molecule has 0 fully saturated rings. The van der Waals surface area contributed by atoms with Crippen LogP contribution in [0.2, 0.25) is 0 Å². The minimum atomic E-state index is -0.710. The second-order valence-electron chi connectivity index (χ2n) is 2.64. The number of thioether (sulfide) groups is 1. The summed E-state index contributed by atoms with van der Waals surface area (Å²) in [5.74, 6) is 0.630. The van der Waals surface area contributed by atoms with Gasteiger partial charge in [-0.15, -0.1) is 0 Å². The van der Waals surface area contributed by atoms with E-state index in [4.69, 9.17) is 0 Å². The lowest BCUT2D eigenvalue weighted by Gasteiger charge is -2.01. The minimum Gasteiger partial charge on any atom is -0.258 e. The highest BCUT2D eigenvalue weighted by atomic mass is 32.2. The maximum absolute atomic E-state index is 13.4. The van der Waals surface area contributed by atoms with E-state index in [0.717, 1.165) is 5.75 Å². The average Bonchev–Trinajstić information content (AvgIpc) is 2.16. The first-order chi connectivity index (χ1) is 6.66. The summed E-state index contributed by atoms with van der Waals surface area (Å²) in [6.07, 6.45) is 0. The van der Waals surface area contributed by atoms with Crippen molar-refractivity contribution < 1.29 is 9.31 Å². The molecule has 0 heterocycles. The van der Waals surface area contributed by atoms with Crippen molar-refractivity contribution in [2.45, 2.75) is 12.7 Å². The lowest BCUT2D eigenvalue weighted by molar-refractivity contribution is -0.387. The molecule has 14 heavy (non-hydrogen) atoms. The van der Waals surface area contributed by atoms with Crippen molar-refractivity contribution in [3.8, 4) is 0 Å². The van der Waals surface area contributed by atoms with Gasteiger partial charge in [-0.25, -0.2) is 0 Å². The monoisotopic (exact) mass is 215 g/mol. The molecule has 0 aromatic heterocycles. The van der Waals surface area contributed by atoms with Crippen LogP contribution in [0.3, 0.4) is 0 Å². The van der Waals surface area contributed by atoms with E-state index in [1.54, 1.807) is 6.07 Å². The van der Waals surface area contributed by atoms with Crippen LogP contribution in [-0.2, 0) is 5.75 Å². The number of hydrogen-bond acceptors (Lipinski definition) is 3. The van der Waals surface area contributed by atoms with Crippen molar-refractivity contribution in [3.63, 3.8) is 0 Å². The largest absolute Gasteiger partial charge is 0.305 e. The molecular formula is C9H10FNO2S. The smallest absolute Gasteiger partial charge is 0.258 e. The van der Waals surface area contributed by atoms with Gasteiger partial charge >= 0.3 is 5.69 Å². The summed E-state index contributed by atoms with van der Waals surface area (Å²) in [5.41, 5.74) is -0.0507. The Kier molecular flexibility index (Phi) is 3.88. The van der Waals surface area contributed by atoms with Crippen LogP contribution in [0.25, 0.3) is 0 Å². The quantitative estimate of drug-likeness (QED) is 0.572. The third-order valence-corrected chi connectivity index (χ3v) is 2.64. The zero-order valence-corrected chi connectivity index (χ0v) is 8.51. The van der Waals surface area contributed by atoms with Gasteiger partial charge in [-0.1, -0.05) is 19.1 Å². The van der Waals surface area contributed by atoms with Crippen LogP contribution in [0.1, 0.15) is 12.5 Å². The van der Waals surface area contributed by atoms with E-state index in [-0.39, 0.29) is 0 Å². The maximum Gasteiger partial charge on any atom is 0.305 e. The highest BCUT2D eigenvalue weighted by molar-refractivity contribution is 7.98. The van der Waals surface area contributed by atoms with Crippen molar-refractivity contribution in [2.75, 3.05) is 5.75 Å². The molecule has 3 nitrogen and oxygen atoms in total. The number of nitro groups is 1. The molecule has 0 radical (unpaired) electrons. The minimum absolute atomic E-state index is 0.394. The average molecular weight is 215 g/mol. The Labute approximate surface area is 85.5 Å². The SMILES string of the molecule is CCSCc1cccc([N+](=O)[O-])c1F. The summed E-state index contributed by atoms with van der Waals surface area (Å²) in [5, 5.41) is 10.4. The van der Waals surface area contributed by atoms with Crippen molar-refractivity contribution in [1.29, 1.82) is 0 Å². The molecule has 0 atom stereocenters. The van der Waals surface area contributed by atoms with Crippen LogP contribution in [0, 0.1) is 15.9 Å². The zero-order valence-electron chi connectivity index (χ0n) is 7.70. The number of benzene rings is 1. The number of rotatable bonds is 4. The molecule has 1 aromatic rings.